The summed E-state index contributed by atoms with van der Waals surface area (Å²) in [6.07, 6.45) is 1.98. The summed E-state index contributed by atoms with van der Waals surface area (Å²) >= 11 is 1.85. The SMILES string of the molecule is CC.CCn1c(-c2sc(C)cc2C)cnc1C. The zero-order chi connectivity index (χ0) is 13.0. The first-order valence-corrected chi connectivity index (χ1v) is 7.04. The van der Waals surface area contributed by atoms with Crippen molar-refractivity contribution in [3.05, 3.63) is 28.5 Å². The van der Waals surface area contributed by atoms with E-state index in [2.05, 4.69) is 43.3 Å². The van der Waals surface area contributed by atoms with Gasteiger partial charge in [0.15, 0.2) is 0 Å². The highest BCUT2D eigenvalue weighted by atomic mass is 32.1. The molecule has 0 unspecified atom stereocenters. The van der Waals surface area contributed by atoms with Crippen LogP contribution in [0.25, 0.3) is 10.6 Å². The summed E-state index contributed by atoms with van der Waals surface area (Å²) in [5, 5.41) is 0. The van der Waals surface area contributed by atoms with Gasteiger partial charge in [-0.25, -0.2) is 4.98 Å². The van der Waals surface area contributed by atoms with E-state index in [1.54, 1.807) is 0 Å². The van der Waals surface area contributed by atoms with Gasteiger partial charge in [-0.15, -0.1) is 11.3 Å². The Balaban J connectivity index is 0.000000686. The minimum absolute atomic E-state index is 0.984. The van der Waals surface area contributed by atoms with E-state index in [0.717, 1.165) is 12.4 Å². The van der Waals surface area contributed by atoms with Crippen LogP contribution >= 0.6 is 11.3 Å². The Bertz CT molecular complexity index is 480. The third kappa shape index (κ3) is 2.78. The molecule has 17 heavy (non-hydrogen) atoms. The molecule has 94 valence electrons. The van der Waals surface area contributed by atoms with E-state index in [4.69, 9.17) is 0 Å². The summed E-state index contributed by atoms with van der Waals surface area (Å²) in [5.41, 5.74) is 2.61. The van der Waals surface area contributed by atoms with Crippen LogP contribution in [0.15, 0.2) is 12.3 Å². The van der Waals surface area contributed by atoms with Crippen LogP contribution in [0.2, 0.25) is 0 Å². The van der Waals surface area contributed by atoms with Crippen molar-refractivity contribution in [3.8, 4) is 10.6 Å². The molecule has 2 rings (SSSR count). The number of imidazole rings is 1. The number of thiophene rings is 1. The number of hydrogen-bond acceptors (Lipinski definition) is 2. The minimum atomic E-state index is 0.984. The van der Waals surface area contributed by atoms with E-state index in [1.165, 1.54) is 21.0 Å². The van der Waals surface area contributed by atoms with Gasteiger partial charge in [0.05, 0.1) is 16.8 Å². The van der Waals surface area contributed by atoms with Gasteiger partial charge in [0.1, 0.15) is 5.82 Å². The summed E-state index contributed by atoms with van der Waals surface area (Å²) in [6.45, 7) is 13.5. The van der Waals surface area contributed by atoms with Gasteiger partial charge in [-0.1, -0.05) is 13.8 Å². The Kier molecular flexibility index (Phi) is 4.94. The molecule has 0 N–H and O–H groups in total. The molecule has 0 radical (unpaired) electrons. The predicted molar refractivity (Wildman–Crippen MR) is 76.8 cm³/mol. The number of nitrogens with zero attached hydrogens (tertiary/aromatic N) is 2. The second-order valence-corrected chi connectivity index (χ2v) is 5.06. The van der Waals surface area contributed by atoms with E-state index in [0.29, 0.717) is 0 Å². The summed E-state index contributed by atoms with van der Waals surface area (Å²) in [5.74, 6) is 1.10. The molecule has 2 nitrogen and oxygen atoms in total. The first kappa shape index (κ1) is 14.0. The Morgan fingerprint density at radius 1 is 1.24 bits per heavy atom. The summed E-state index contributed by atoms with van der Waals surface area (Å²) in [7, 11) is 0. The lowest BCUT2D eigenvalue weighted by molar-refractivity contribution is 0.737. The van der Waals surface area contributed by atoms with Crippen LogP contribution in [-0.2, 0) is 6.54 Å². The fraction of sp³-hybridized carbons (Fsp3) is 0.500. The molecule has 2 aromatic rings. The van der Waals surface area contributed by atoms with Crippen LogP contribution in [-0.4, -0.2) is 9.55 Å². The van der Waals surface area contributed by atoms with Crippen LogP contribution in [0.5, 0.6) is 0 Å². The van der Waals surface area contributed by atoms with Gasteiger partial charge in [-0.05, 0) is 39.3 Å². The van der Waals surface area contributed by atoms with Crippen molar-refractivity contribution < 1.29 is 0 Å². The lowest BCUT2D eigenvalue weighted by Gasteiger charge is -2.06. The third-order valence-corrected chi connectivity index (χ3v) is 3.82. The molecule has 0 aliphatic carbocycles. The van der Waals surface area contributed by atoms with Crippen LogP contribution in [0.4, 0.5) is 0 Å². The molecular weight excluding hydrogens is 228 g/mol. The van der Waals surface area contributed by atoms with Crippen LogP contribution < -0.4 is 0 Å². The molecule has 0 saturated heterocycles. The van der Waals surface area contributed by atoms with Crippen LogP contribution in [0, 0.1) is 20.8 Å². The van der Waals surface area contributed by atoms with Gasteiger partial charge in [-0.3, -0.25) is 0 Å². The second-order valence-electron chi connectivity index (χ2n) is 3.80. The standard InChI is InChI=1S/C12H16N2S.C2H6/c1-5-14-10(4)13-7-11(14)12-8(2)6-9(3)15-12;1-2/h6-7H,5H2,1-4H3;1-2H3. The van der Waals surface area contributed by atoms with E-state index in [-0.39, 0.29) is 0 Å². The normalized spacial score (nSPS) is 10.0. The summed E-state index contributed by atoms with van der Waals surface area (Å²) in [6, 6.07) is 2.24. The maximum Gasteiger partial charge on any atom is 0.105 e. The van der Waals surface area contributed by atoms with Crippen molar-refractivity contribution in [2.75, 3.05) is 0 Å². The summed E-state index contributed by atoms with van der Waals surface area (Å²) < 4.78 is 2.26. The highest BCUT2D eigenvalue weighted by Gasteiger charge is 2.11. The lowest BCUT2D eigenvalue weighted by Crippen LogP contribution is -1.98. The highest BCUT2D eigenvalue weighted by molar-refractivity contribution is 7.15. The molecule has 0 atom stereocenters. The number of rotatable bonds is 2. The quantitative estimate of drug-likeness (QED) is 0.762. The molecule has 2 aromatic heterocycles. The number of hydrogen-bond donors (Lipinski definition) is 0. The van der Waals surface area contributed by atoms with Gasteiger partial charge in [0, 0.05) is 11.4 Å². The molecule has 0 fully saturated rings. The first-order valence-electron chi connectivity index (χ1n) is 6.23. The molecule has 0 amide bonds. The van der Waals surface area contributed by atoms with Gasteiger partial charge >= 0.3 is 0 Å². The Labute approximate surface area is 108 Å². The zero-order valence-electron chi connectivity index (χ0n) is 11.7. The van der Waals surface area contributed by atoms with Crippen LogP contribution in [0.1, 0.15) is 37.0 Å². The highest BCUT2D eigenvalue weighted by Crippen LogP contribution is 2.32. The predicted octanol–water partition coefficient (Wildman–Crippen LogP) is 4.58. The second kappa shape index (κ2) is 6.01. The molecule has 0 saturated carbocycles. The van der Waals surface area contributed by atoms with Crippen molar-refractivity contribution in [2.24, 2.45) is 0 Å². The molecular formula is C14H22N2S. The minimum Gasteiger partial charge on any atom is -0.328 e. The third-order valence-electron chi connectivity index (χ3n) is 2.64. The average molecular weight is 250 g/mol. The molecule has 0 aliphatic heterocycles. The van der Waals surface area contributed by atoms with Crippen LogP contribution in [0.3, 0.4) is 0 Å². The van der Waals surface area contributed by atoms with Crippen molar-refractivity contribution in [1.82, 2.24) is 9.55 Å². The maximum absolute atomic E-state index is 4.38. The number of aryl methyl sites for hydroxylation is 3. The van der Waals surface area contributed by atoms with E-state index >= 15 is 0 Å². The van der Waals surface area contributed by atoms with E-state index in [1.807, 2.05) is 31.4 Å². The van der Waals surface area contributed by atoms with Crippen molar-refractivity contribution in [1.29, 1.82) is 0 Å². The molecule has 2 heterocycles. The Morgan fingerprint density at radius 2 is 1.88 bits per heavy atom. The average Bonchev–Trinajstić information content (AvgIpc) is 2.84. The Morgan fingerprint density at radius 3 is 2.35 bits per heavy atom. The van der Waals surface area contributed by atoms with E-state index in [9.17, 15) is 0 Å². The van der Waals surface area contributed by atoms with Gasteiger partial charge in [0.25, 0.3) is 0 Å². The fourth-order valence-electron chi connectivity index (χ4n) is 1.94. The molecule has 0 spiro atoms. The smallest absolute Gasteiger partial charge is 0.105 e. The van der Waals surface area contributed by atoms with E-state index < -0.39 is 0 Å². The topological polar surface area (TPSA) is 17.8 Å². The van der Waals surface area contributed by atoms with Gasteiger partial charge < -0.3 is 4.57 Å². The fourth-order valence-corrected chi connectivity index (χ4v) is 2.99. The lowest BCUT2D eigenvalue weighted by atomic mass is 10.2. The summed E-state index contributed by atoms with van der Waals surface area (Å²) in [4.78, 5) is 7.11. The molecule has 0 aromatic carbocycles. The zero-order valence-corrected chi connectivity index (χ0v) is 12.5. The van der Waals surface area contributed by atoms with Gasteiger partial charge in [-0.2, -0.15) is 0 Å². The van der Waals surface area contributed by atoms with Crippen molar-refractivity contribution in [2.45, 2.75) is 48.1 Å². The number of aromatic nitrogens is 2. The molecule has 3 heteroatoms. The Hall–Kier alpha value is -1.09. The largest absolute Gasteiger partial charge is 0.328 e. The first-order chi connectivity index (χ1) is 8.13. The van der Waals surface area contributed by atoms with Crippen molar-refractivity contribution in [3.63, 3.8) is 0 Å². The molecule has 0 bridgehead atoms. The maximum atomic E-state index is 4.38. The van der Waals surface area contributed by atoms with Gasteiger partial charge in [0.2, 0.25) is 0 Å². The monoisotopic (exact) mass is 250 g/mol. The molecule has 0 aliphatic rings. The van der Waals surface area contributed by atoms with Crippen molar-refractivity contribution >= 4 is 11.3 Å².